The zero-order chi connectivity index (χ0) is 9.40. The van der Waals surface area contributed by atoms with Gasteiger partial charge in [-0.3, -0.25) is 4.79 Å². The van der Waals surface area contributed by atoms with Crippen molar-refractivity contribution in [2.24, 2.45) is 0 Å². The minimum atomic E-state index is 0.431. The molecular formula is C8H12O3S. The summed E-state index contributed by atoms with van der Waals surface area (Å²) in [5, 5.41) is 0.692. The molecule has 68 valence electrons. The van der Waals surface area contributed by atoms with Crippen molar-refractivity contribution in [1.82, 2.24) is 0 Å². The zero-order valence-electron chi connectivity index (χ0n) is 7.20. The molecule has 0 radical (unpaired) electrons. The van der Waals surface area contributed by atoms with Crippen LogP contribution in [0.4, 0.5) is 0 Å². The summed E-state index contributed by atoms with van der Waals surface area (Å²) in [5.41, 5.74) is 0. The summed E-state index contributed by atoms with van der Waals surface area (Å²) in [6.07, 6.45) is 2.80. The molecule has 1 rings (SSSR count). The number of ether oxygens (including phenoxy) is 2. The van der Waals surface area contributed by atoms with Gasteiger partial charge in [0.2, 0.25) is 0 Å². The molecule has 1 aliphatic rings. The fourth-order valence-electron chi connectivity index (χ4n) is 0.558. The van der Waals surface area contributed by atoms with Gasteiger partial charge in [0, 0.05) is 6.42 Å². The van der Waals surface area contributed by atoms with Gasteiger partial charge in [-0.15, -0.1) is 0 Å². The van der Waals surface area contributed by atoms with Crippen molar-refractivity contribution < 1.29 is 14.3 Å². The molecule has 0 saturated heterocycles. The van der Waals surface area contributed by atoms with E-state index in [9.17, 15) is 4.79 Å². The Balaban J connectivity index is 0.000000217. The van der Waals surface area contributed by atoms with Gasteiger partial charge in [0.15, 0.2) is 5.05 Å². The minimum Gasteiger partial charge on any atom is -0.468 e. The second-order valence-electron chi connectivity index (χ2n) is 2.04. The van der Waals surface area contributed by atoms with Gasteiger partial charge in [-0.25, -0.2) is 0 Å². The molecule has 0 fully saturated rings. The van der Waals surface area contributed by atoms with Gasteiger partial charge >= 0.3 is 0 Å². The molecule has 0 bridgehead atoms. The van der Waals surface area contributed by atoms with Gasteiger partial charge in [0.25, 0.3) is 6.47 Å². The molecule has 0 saturated carbocycles. The van der Waals surface area contributed by atoms with Gasteiger partial charge in [0.05, 0.1) is 12.4 Å². The summed E-state index contributed by atoms with van der Waals surface area (Å²) in [6, 6.07) is 0. The Morgan fingerprint density at radius 2 is 2.50 bits per heavy atom. The Morgan fingerprint density at radius 1 is 1.83 bits per heavy atom. The normalized spacial score (nSPS) is 13.8. The first-order valence-electron chi connectivity index (χ1n) is 3.63. The predicted octanol–water partition coefficient (Wildman–Crippen LogP) is 1.82. The SMILES string of the molecule is CC1=CCC(=S)O1.CCOC=O. The van der Waals surface area contributed by atoms with Gasteiger partial charge in [-0.1, -0.05) is 0 Å². The summed E-state index contributed by atoms with van der Waals surface area (Å²) in [5.74, 6) is 0.935. The van der Waals surface area contributed by atoms with Crippen LogP contribution in [0.5, 0.6) is 0 Å². The van der Waals surface area contributed by atoms with Crippen LogP contribution in [0.15, 0.2) is 11.8 Å². The van der Waals surface area contributed by atoms with E-state index in [4.69, 9.17) is 17.0 Å². The maximum Gasteiger partial charge on any atom is 0.293 e. The highest BCUT2D eigenvalue weighted by Crippen LogP contribution is 2.09. The highest BCUT2D eigenvalue weighted by molar-refractivity contribution is 7.80. The molecule has 0 atom stereocenters. The smallest absolute Gasteiger partial charge is 0.293 e. The lowest BCUT2D eigenvalue weighted by atomic mass is 10.4. The number of rotatable bonds is 2. The number of allylic oxidation sites excluding steroid dienone is 1. The van der Waals surface area contributed by atoms with Gasteiger partial charge in [-0.05, 0) is 32.1 Å². The Kier molecular flexibility index (Phi) is 6.28. The van der Waals surface area contributed by atoms with E-state index in [0.29, 0.717) is 18.1 Å². The second kappa shape index (κ2) is 6.79. The van der Waals surface area contributed by atoms with E-state index in [-0.39, 0.29) is 0 Å². The van der Waals surface area contributed by atoms with Gasteiger partial charge in [-0.2, -0.15) is 0 Å². The molecule has 0 spiro atoms. The number of carbonyl (C=O) groups is 1. The molecule has 3 nitrogen and oxygen atoms in total. The quantitative estimate of drug-likeness (QED) is 0.489. The number of carbonyl (C=O) groups excluding carboxylic acids is 1. The average molecular weight is 188 g/mol. The third-order valence-corrected chi connectivity index (χ3v) is 1.32. The molecule has 0 aromatic carbocycles. The average Bonchev–Trinajstić information content (AvgIpc) is 2.38. The van der Waals surface area contributed by atoms with Crippen molar-refractivity contribution in [2.45, 2.75) is 20.3 Å². The lowest BCUT2D eigenvalue weighted by Crippen LogP contribution is -1.86. The molecule has 1 aliphatic heterocycles. The van der Waals surface area contributed by atoms with Crippen molar-refractivity contribution in [3.8, 4) is 0 Å². The van der Waals surface area contributed by atoms with Crippen LogP contribution < -0.4 is 0 Å². The topological polar surface area (TPSA) is 35.5 Å². The molecular weight excluding hydrogens is 176 g/mol. The largest absolute Gasteiger partial charge is 0.468 e. The first kappa shape index (κ1) is 11.1. The van der Waals surface area contributed by atoms with E-state index in [2.05, 4.69) is 4.74 Å². The molecule has 12 heavy (non-hydrogen) atoms. The third-order valence-electron chi connectivity index (χ3n) is 1.07. The van der Waals surface area contributed by atoms with Crippen LogP contribution in [-0.2, 0) is 14.3 Å². The van der Waals surface area contributed by atoms with Crippen LogP contribution in [0.3, 0.4) is 0 Å². The van der Waals surface area contributed by atoms with Gasteiger partial charge < -0.3 is 9.47 Å². The molecule has 0 amide bonds. The number of thiocarbonyl (C=S) groups is 1. The fourth-order valence-corrected chi connectivity index (χ4v) is 0.773. The lowest BCUT2D eigenvalue weighted by Gasteiger charge is -1.91. The Hall–Kier alpha value is -0.900. The lowest BCUT2D eigenvalue weighted by molar-refractivity contribution is -0.128. The van der Waals surface area contributed by atoms with E-state index in [1.165, 1.54) is 0 Å². The van der Waals surface area contributed by atoms with E-state index in [1.54, 1.807) is 6.92 Å². The summed E-state index contributed by atoms with van der Waals surface area (Å²) < 4.78 is 9.11. The van der Waals surface area contributed by atoms with Crippen molar-refractivity contribution in [1.29, 1.82) is 0 Å². The molecule has 0 aromatic rings. The molecule has 1 heterocycles. The maximum atomic E-state index is 9.18. The van der Waals surface area contributed by atoms with Crippen LogP contribution in [0.2, 0.25) is 0 Å². The van der Waals surface area contributed by atoms with Crippen LogP contribution in [0.25, 0.3) is 0 Å². The van der Waals surface area contributed by atoms with Crippen molar-refractivity contribution in [2.75, 3.05) is 6.61 Å². The Labute approximate surface area is 77.4 Å². The highest BCUT2D eigenvalue weighted by atomic mass is 32.1. The minimum absolute atomic E-state index is 0.431. The van der Waals surface area contributed by atoms with Crippen LogP contribution in [-0.4, -0.2) is 18.1 Å². The Bertz CT molecular complexity index is 187. The summed E-state index contributed by atoms with van der Waals surface area (Å²) in [4.78, 5) is 9.18. The molecule has 0 N–H and O–H groups in total. The fraction of sp³-hybridized carbons (Fsp3) is 0.500. The predicted molar refractivity (Wildman–Crippen MR) is 49.7 cm³/mol. The van der Waals surface area contributed by atoms with Crippen LogP contribution >= 0.6 is 12.2 Å². The summed E-state index contributed by atoms with van der Waals surface area (Å²) >= 11 is 4.72. The molecule has 0 aliphatic carbocycles. The first-order chi connectivity index (χ1) is 5.70. The van der Waals surface area contributed by atoms with Crippen LogP contribution in [0, 0.1) is 0 Å². The number of hydrogen-bond donors (Lipinski definition) is 0. The summed E-state index contributed by atoms with van der Waals surface area (Å²) in [7, 11) is 0. The first-order valence-corrected chi connectivity index (χ1v) is 4.04. The van der Waals surface area contributed by atoms with E-state index in [1.807, 2.05) is 13.0 Å². The van der Waals surface area contributed by atoms with Crippen molar-refractivity contribution in [3.63, 3.8) is 0 Å². The number of hydrogen-bond acceptors (Lipinski definition) is 4. The summed E-state index contributed by atoms with van der Waals surface area (Å²) in [6.45, 7) is 4.57. The zero-order valence-corrected chi connectivity index (χ0v) is 8.02. The monoisotopic (exact) mass is 188 g/mol. The highest BCUT2D eigenvalue weighted by Gasteiger charge is 2.03. The molecule has 4 heteroatoms. The van der Waals surface area contributed by atoms with Crippen LogP contribution in [0.1, 0.15) is 20.3 Å². The van der Waals surface area contributed by atoms with E-state index in [0.717, 1.165) is 12.2 Å². The van der Waals surface area contributed by atoms with Crippen molar-refractivity contribution >= 4 is 23.7 Å². The maximum absolute atomic E-state index is 9.18. The Morgan fingerprint density at radius 3 is 2.58 bits per heavy atom. The van der Waals surface area contributed by atoms with E-state index >= 15 is 0 Å². The molecule has 0 aromatic heterocycles. The van der Waals surface area contributed by atoms with Gasteiger partial charge in [0.1, 0.15) is 0 Å². The third kappa shape index (κ3) is 5.85. The van der Waals surface area contributed by atoms with Crippen molar-refractivity contribution in [3.05, 3.63) is 11.8 Å². The molecule has 0 unspecified atom stereocenters. The second-order valence-corrected chi connectivity index (χ2v) is 2.50. The van der Waals surface area contributed by atoms with E-state index < -0.39 is 0 Å². The standard InChI is InChI=1S/C5H6OS.C3H6O2/c1-4-2-3-5(7)6-4;1-2-5-3-4/h2H,3H2,1H3;3H,2H2,1H3.